The van der Waals surface area contributed by atoms with Gasteiger partial charge in [-0.1, -0.05) is 18.2 Å². The third-order valence-electron chi connectivity index (χ3n) is 4.44. The maximum absolute atomic E-state index is 5.49. The first-order valence-electron chi connectivity index (χ1n) is 8.58. The van der Waals surface area contributed by atoms with E-state index in [-0.39, 0.29) is 0 Å². The Balaban J connectivity index is 1.66. The Bertz CT molecular complexity index is 875. The Morgan fingerprint density at radius 3 is 2.42 bits per heavy atom. The summed E-state index contributed by atoms with van der Waals surface area (Å²) in [7, 11) is 4.93. The zero-order valence-corrected chi connectivity index (χ0v) is 15.4. The first-order chi connectivity index (χ1) is 12.8. The van der Waals surface area contributed by atoms with Crippen molar-refractivity contribution in [3.63, 3.8) is 0 Å². The van der Waals surface area contributed by atoms with Crippen molar-refractivity contribution in [3.05, 3.63) is 59.9 Å². The molecular formula is C21H24N2O3. The van der Waals surface area contributed by atoms with Crippen LogP contribution in [0.15, 0.2) is 48.8 Å². The van der Waals surface area contributed by atoms with Crippen LogP contribution < -0.4 is 19.5 Å². The fourth-order valence-electron chi connectivity index (χ4n) is 3.08. The molecule has 0 amide bonds. The van der Waals surface area contributed by atoms with Crippen LogP contribution in [0, 0.1) is 0 Å². The van der Waals surface area contributed by atoms with Gasteiger partial charge in [0.1, 0.15) is 5.75 Å². The van der Waals surface area contributed by atoms with Crippen LogP contribution in [0.2, 0.25) is 0 Å². The lowest BCUT2D eigenvalue weighted by atomic mass is 10.1. The zero-order chi connectivity index (χ0) is 18.4. The molecule has 3 aromatic rings. The summed E-state index contributed by atoms with van der Waals surface area (Å²) in [4.78, 5) is 4.18. The van der Waals surface area contributed by atoms with Crippen LogP contribution in [-0.2, 0) is 13.0 Å². The van der Waals surface area contributed by atoms with Crippen LogP contribution in [0.1, 0.15) is 11.1 Å². The van der Waals surface area contributed by atoms with E-state index in [4.69, 9.17) is 14.2 Å². The number of benzene rings is 2. The molecule has 0 aliphatic rings. The maximum Gasteiger partial charge on any atom is 0.164 e. The van der Waals surface area contributed by atoms with Crippen LogP contribution >= 0.6 is 0 Å². The van der Waals surface area contributed by atoms with Crippen LogP contribution in [-0.4, -0.2) is 32.9 Å². The Morgan fingerprint density at radius 2 is 1.65 bits per heavy atom. The van der Waals surface area contributed by atoms with Crippen molar-refractivity contribution in [3.8, 4) is 17.2 Å². The molecule has 0 aliphatic heterocycles. The molecule has 136 valence electrons. The fraction of sp³-hybridized carbons (Fsp3) is 0.286. The summed E-state index contributed by atoms with van der Waals surface area (Å²) in [5.41, 5.74) is 2.35. The second-order valence-electron chi connectivity index (χ2n) is 5.96. The standard InChI is InChI=1S/C21H24N2O3/c1-24-19-12-21(26-3)20(25-2)11-15(19)7-9-22-13-16-5-4-6-17-14-23-10-8-18(16)17/h4-6,8,10-12,14,22H,7,9,13H2,1-3H3. The number of hydrogen-bond donors (Lipinski definition) is 1. The number of pyridine rings is 1. The number of nitrogens with one attached hydrogen (secondary N) is 1. The van der Waals surface area contributed by atoms with Gasteiger partial charge in [0.15, 0.2) is 11.5 Å². The molecule has 0 saturated heterocycles. The fourth-order valence-corrected chi connectivity index (χ4v) is 3.08. The summed E-state index contributed by atoms with van der Waals surface area (Å²) in [6, 6.07) is 12.2. The minimum Gasteiger partial charge on any atom is -0.496 e. The highest BCUT2D eigenvalue weighted by molar-refractivity contribution is 5.84. The smallest absolute Gasteiger partial charge is 0.164 e. The predicted molar refractivity (Wildman–Crippen MR) is 103 cm³/mol. The Hall–Kier alpha value is -2.79. The molecule has 26 heavy (non-hydrogen) atoms. The average molecular weight is 352 g/mol. The third kappa shape index (κ3) is 3.89. The molecule has 1 heterocycles. The Kier molecular flexibility index (Phi) is 5.92. The summed E-state index contributed by atoms with van der Waals surface area (Å²) in [5.74, 6) is 2.19. The Labute approximate surface area is 153 Å². The van der Waals surface area contributed by atoms with Gasteiger partial charge in [-0.3, -0.25) is 4.98 Å². The Morgan fingerprint density at radius 1 is 0.885 bits per heavy atom. The minimum absolute atomic E-state index is 0.672. The van der Waals surface area contributed by atoms with E-state index >= 15 is 0 Å². The molecule has 0 atom stereocenters. The minimum atomic E-state index is 0.672. The third-order valence-corrected chi connectivity index (χ3v) is 4.44. The summed E-state index contributed by atoms with van der Waals surface area (Å²) in [6.45, 7) is 1.63. The molecule has 0 saturated carbocycles. The number of methoxy groups -OCH3 is 3. The van der Waals surface area contributed by atoms with Crippen molar-refractivity contribution in [2.45, 2.75) is 13.0 Å². The topological polar surface area (TPSA) is 52.6 Å². The van der Waals surface area contributed by atoms with Crippen molar-refractivity contribution >= 4 is 10.8 Å². The van der Waals surface area contributed by atoms with E-state index in [1.165, 1.54) is 10.9 Å². The molecule has 5 heteroatoms. The van der Waals surface area contributed by atoms with Gasteiger partial charge in [0.25, 0.3) is 0 Å². The lowest BCUT2D eigenvalue weighted by Crippen LogP contribution is -2.17. The SMILES string of the molecule is COc1cc(OC)c(OC)cc1CCNCc1cccc2cnccc12. The van der Waals surface area contributed by atoms with Crippen LogP contribution in [0.4, 0.5) is 0 Å². The van der Waals surface area contributed by atoms with Crippen molar-refractivity contribution in [1.82, 2.24) is 10.3 Å². The van der Waals surface area contributed by atoms with E-state index in [1.54, 1.807) is 21.3 Å². The van der Waals surface area contributed by atoms with Gasteiger partial charge in [-0.25, -0.2) is 0 Å². The quantitative estimate of drug-likeness (QED) is 0.628. The average Bonchev–Trinajstić information content (AvgIpc) is 2.70. The summed E-state index contributed by atoms with van der Waals surface area (Å²) in [5, 5.41) is 5.91. The van der Waals surface area contributed by atoms with Crippen molar-refractivity contribution in [2.75, 3.05) is 27.9 Å². The molecule has 0 unspecified atom stereocenters. The van der Waals surface area contributed by atoms with E-state index in [0.29, 0.717) is 11.5 Å². The van der Waals surface area contributed by atoms with Gasteiger partial charge in [0.2, 0.25) is 0 Å². The molecule has 0 radical (unpaired) electrons. The van der Waals surface area contributed by atoms with Gasteiger partial charge < -0.3 is 19.5 Å². The predicted octanol–water partition coefficient (Wildman–Crippen LogP) is 3.59. The van der Waals surface area contributed by atoms with E-state index in [2.05, 4.69) is 34.6 Å². The van der Waals surface area contributed by atoms with Crippen molar-refractivity contribution in [1.29, 1.82) is 0 Å². The second kappa shape index (κ2) is 8.54. The van der Waals surface area contributed by atoms with Gasteiger partial charge in [-0.05, 0) is 41.6 Å². The molecule has 0 bridgehead atoms. The molecule has 0 spiro atoms. The number of aromatic nitrogens is 1. The van der Waals surface area contributed by atoms with Crippen molar-refractivity contribution in [2.24, 2.45) is 0 Å². The maximum atomic E-state index is 5.49. The van der Waals surface area contributed by atoms with E-state index < -0.39 is 0 Å². The first kappa shape index (κ1) is 18.0. The first-order valence-corrected chi connectivity index (χ1v) is 8.58. The largest absolute Gasteiger partial charge is 0.496 e. The van der Waals surface area contributed by atoms with Crippen LogP contribution in [0.25, 0.3) is 10.8 Å². The normalized spacial score (nSPS) is 10.7. The molecule has 1 N–H and O–H groups in total. The summed E-state index contributed by atoms with van der Waals surface area (Å²) < 4.78 is 16.2. The number of rotatable bonds is 8. The van der Waals surface area contributed by atoms with E-state index in [0.717, 1.165) is 36.2 Å². The number of ether oxygens (including phenoxy) is 3. The van der Waals surface area contributed by atoms with Gasteiger partial charge in [-0.15, -0.1) is 0 Å². The number of fused-ring (bicyclic) bond motifs is 1. The lowest BCUT2D eigenvalue weighted by molar-refractivity contribution is 0.347. The van der Waals surface area contributed by atoms with Gasteiger partial charge >= 0.3 is 0 Å². The van der Waals surface area contributed by atoms with Crippen LogP contribution in [0.5, 0.6) is 17.2 Å². The molecule has 0 aliphatic carbocycles. The highest BCUT2D eigenvalue weighted by Gasteiger charge is 2.11. The van der Waals surface area contributed by atoms with Gasteiger partial charge in [0, 0.05) is 30.4 Å². The molecule has 0 fully saturated rings. The van der Waals surface area contributed by atoms with Crippen molar-refractivity contribution < 1.29 is 14.2 Å². The molecular weight excluding hydrogens is 328 g/mol. The molecule has 2 aromatic carbocycles. The zero-order valence-electron chi connectivity index (χ0n) is 15.4. The lowest BCUT2D eigenvalue weighted by Gasteiger charge is -2.14. The highest BCUT2D eigenvalue weighted by Crippen LogP contribution is 2.34. The van der Waals surface area contributed by atoms with E-state index in [1.807, 2.05) is 24.5 Å². The van der Waals surface area contributed by atoms with E-state index in [9.17, 15) is 0 Å². The molecule has 5 nitrogen and oxygen atoms in total. The number of nitrogens with zero attached hydrogens (tertiary/aromatic N) is 1. The highest BCUT2D eigenvalue weighted by atomic mass is 16.5. The summed E-state index contributed by atoms with van der Waals surface area (Å²) in [6.07, 6.45) is 4.56. The molecule has 1 aromatic heterocycles. The monoisotopic (exact) mass is 352 g/mol. The summed E-state index contributed by atoms with van der Waals surface area (Å²) >= 11 is 0. The van der Waals surface area contributed by atoms with Crippen LogP contribution in [0.3, 0.4) is 0 Å². The number of hydrogen-bond acceptors (Lipinski definition) is 5. The van der Waals surface area contributed by atoms with Gasteiger partial charge in [0.05, 0.1) is 21.3 Å². The van der Waals surface area contributed by atoms with Gasteiger partial charge in [-0.2, -0.15) is 0 Å². The second-order valence-corrected chi connectivity index (χ2v) is 5.96. The molecule has 3 rings (SSSR count).